The predicted octanol–water partition coefficient (Wildman–Crippen LogP) is 6.86. The van der Waals surface area contributed by atoms with Crippen molar-refractivity contribution in [2.45, 2.75) is 23.8 Å². The fraction of sp³-hybridized carbons (Fsp3) is 0.120. The lowest BCUT2D eigenvalue weighted by atomic mass is 10.1. The van der Waals surface area contributed by atoms with E-state index in [9.17, 15) is 4.79 Å². The van der Waals surface area contributed by atoms with Crippen LogP contribution in [0.4, 0.5) is 5.69 Å². The first-order valence-corrected chi connectivity index (χ1v) is 12.0. The molecule has 0 bridgehead atoms. The number of aromatic amines is 1. The number of thioether (sulfide) groups is 1. The lowest BCUT2D eigenvalue weighted by Gasteiger charge is -2.13. The third-order valence-corrected chi connectivity index (χ3v) is 6.79. The van der Waals surface area contributed by atoms with Gasteiger partial charge in [-0.25, -0.2) is 4.98 Å². The van der Waals surface area contributed by atoms with Gasteiger partial charge in [0.25, 0.3) is 0 Å². The number of hydrogen-bond donors (Lipinski definition) is 2. The molecule has 1 unspecified atom stereocenters. The van der Waals surface area contributed by atoms with E-state index in [4.69, 9.17) is 4.98 Å². The molecular formula is C25H22IN3OS. The van der Waals surface area contributed by atoms with Crippen LogP contribution in [0.5, 0.6) is 0 Å². The van der Waals surface area contributed by atoms with Crippen LogP contribution in [0.3, 0.4) is 0 Å². The van der Waals surface area contributed by atoms with Crippen molar-refractivity contribution >= 4 is 45.9 Å². The molecular weight excluding hydrogens is 517 g/mol. The molecule has 0 saturated carbocycles. The van der Waals surface area contributed by atoms with Gasteiger partial charge in [0.2, 0.25) is 5.91 Å². The highest BCUT2D eigenvalue weighted by Gasteiger charge is 2.22. The minimum atomic E-state index is -0.252. The van der Waals surface area contributed by atoms with Gasteiger partial charge in [-0.05, 0) is 53.3 Å². The number of carbonyl (C=O) groups excluding carboxylic acids is 1. The number of imidazole rings is 1. The van der Waals surface area contributed by atoms with Gasteiger partial charge in [0.05, 0.1) is 16.6 Å². The standard InChI is InChI=1S/C25H22IN3OS/c1-2-21(24(30)27-20-15-13-19(26)14-16-20)31-25-28-22(17-9-5-3-6-10-17)23(29-25)18-11-7-4-8-12-18/h3-16,21H,2H2,1H3,(H,27,30)(H,28,29). The van der Waals surface area contributed by atoms with Crippen molar-refractivity contribution in [2.75, 3.05) is 5.32 Å². The first-order valence-electron chi connectivity index (χ1n) is 10.1. The summed E-state index contributed by atoms with van der Waals surface area (Å²) in [5.41, 5.74) is 4.76. The van der Waals surface area contributed by atoms with Crippen molar-refractivity contribution in [3.05, 3.63) is 88.5 Å². The molecule has 0 radical (unpaired) electrons. The lowest BCUT2D eigenvalue weighted by Crippen LogP contribution is -2.24. The van der Waals surface area contributed by atoms with E-state index in [0.717, 1.165) is 36.9 Å². The van der Waals surface area contributed by atoms with Crippen LogP contribution in [0.25, 0.3) is 22.5 Å². The Morgan fingerprint density at radius 1 is 0.968 bits per heavy atom. The first-order chi connectivity index (χ1) is 15.1. The highest BCUT2D eigenvalue weighted by Crippen LogP contribution is 2.34. The Hall–Kier alpha value is -2.58. The van der Waals surface area contributed by atoms with Crippen molar-refractivity contribution in [1.82, 2.24) is 9.97 Å². The molecule has 2 N–H and O–H groups in total. The number of nitrogens with zero attached hydrogens (tertiary/aromatic N) is 1. The van der Waals surface area contributed by atoms with Crippen LogP contribution in [0.15, 0.2) is 90.1 Å². The number of rotatable bonds is 7. The average molecular weight is 539 g/mol. The van der Waals surface area contributed by atoms with Crippen molar-refractivity contribution < 1.29 is 4.79 Å². The van der Waals surface area contributed by atoms with Crippen LogP contribution in [0.2, 0.25) is 0 Å². The molecule has 1 heterocycles. The molecule has 4 aromatic rings. The van der Waals surface area contributed by atoms with Crippen LogP contribution in [-0.4, -0.2) is 21.1 Å². The second kappa shape index (κ2) is 10.2. The Morgan fingerprint density at radius 3 is 2.19 bits per heavy atom. The molecule has 1 amide bonds. The van der Waals surface area contributed by atoms with Gasteiger partial charge >= 0.3 is 0 Å². The third kappa shape index (κ3) is 5.37. The highest BCUT2D eigenvalue weighted by atomic mass is 127. The van der Waals surface area contributed by atoms with Crippen LogP contribution < -0.4 is 5.32 Å². The zero-order valence-electron chi connectivity index (χ0n) is 17.0. The molecule has 6 heteroatoms. The topological polar surface area (TPSA) is 57.8 Å². The van der Waals surface area contributed by atoms with Crippen molar-refractivity contribution in [3.8, 4) is 22.5 Å². The lowest BCUT2D eigenvalue weighted by molar-refractivity contribution is -0.115. The van der Waals surface area contributed by atoms with E-state index >= 15 is 0 Å². The zero-order valence-corrected chi connectivity index (χ0v) is 20.0. The number of H-pyrrole nitrogens is 1. The van der Waals surface area contributed by atoms with Gasteiger partial charge in [-0.1, -0.05) is 79.3 Å². The SMILES string of the molecule is CCC(Sc1nc(-c2ccccc2)c(-c2ccccc2)[nH]1)C(=O)Nc1ccc(I)cc1. The Morgan fingerprint density at radius 2 is 1.58 bits per heavy atom. The minimum Gasteiger partial charge on any atom is -0.332 e. The van der Waals surface area contributed by atoms with Crippen LogP contribution in [0, 0.1) is 3.57 Å². The molecule has 0 aliphatic heterocycles. The molecule has 3 aromatic carbocycles. The molecule has 31 heavy (non-hydrogen) atoms. The maximum Gasteiger partial charge on any atom is 0.237 e. The Kier molecular flexibility index (Phi) is 7.09. The van der Waals surface area contributed by atoms with E-state index in [1.165, 1.54) is 11.8 Å². The Bertz CT molecular complexity index is 1090. The molecule has 0 saturated heterocycles. The van der Waals surface area contributed by atoms with E-state index < -0.39 is 0 Å². The first kappa shape index (κ1) is 21.6. The van der Waals surface area contributed by atoms with Gasteiger partial charge in [-0.15, -0.1) is 0 Å². The summed E-state index contributed by atoms with van der Waals surface area (Å²) in [6.45, 7) is 2.02. The summed E-state index contributed by atoms with van der Waals surface area (Å²) in [5, 5.41) is 3.51. The van der Waals surface area contributed by atoms with E-state index in [1.54, 1.807) is 0 Å². The number of carbonyl (C=O) groups is 1. The Labute approximate surface area is 200 Å². The molecule has 0 fully saturated rings. The Balaban J connectivity index is 1.60. The van der Waals surface area contributed by atoms with Crippen molar-refractivity contribution in [1.29, 1.82) is 0 Å². The number of hydrogen-bond acceptors (Lipinski definition) is 3. The van der Waals surface area contributed by atoms with Crippen molar-refractivity contribution in [3.63, 3.8) is 0 Å². The van der Waals surface area contributed by atoms with E-state index in [2.05, 4.69) is 57.2 Å². The molecule has 4 rings (SSSR count). The van der Waals surface area contributed by atoms with Gasteiger partial charge in [0.15, 0.2) is 5.16 Å². The normalized spacial score (nSPS) is 11.8. The molecule has 0 aliphatic carbocycles. The maximum atomic E-state index is 12.9. The molecule has 1 aromatic heterocycles. The molecule has 0 spiro atoms. The molecule has 1 atom stereocenters. The molecule has 0 aliphatic rings. The minimum absolute atomic E-state index is 0.0207. The number of halogens is 1. The van der Waals surface area contributed by atoms with Crippen LogP contribution in [0.1, 0.15) is 13.3 Å². The summed E-state index contributed by atoms with van der Waals surface area (Å²) in [6.07, 6.45) is 0.697. The van der Waals surface area contributed by atoms with Gasteiger partial charge in [0, 0.05) is 20.4 Å². The second-order valence-electron chi connectivity index (χ2n) is 7.01. The predicted molar refractivity (Wildman–Crippen MR) is 137 cm³/mol. The number of aromatic nitrogens is 2. The highest BCUT2D eigenvalue weighted by molar-refractivity contribution is 14.1. The number of benzene rings is 3. The summed E-state index contributed by atoms with van der Waals surface area (Å²) in [6, 6.07) is 28.1. The zero-order chi connectivity index (χ0) is 21.6. The van der Waals surface area contributed by atoms with E-state index in [0.29, 0.717) is 6.42 Å². The smallest absolute Gasteiger partial charge is 0.237 e. The van der Waals surface area contributed by atoms with Gasteiger partial charge in [-0.3, -0.25) is 4.79 Å². The van der Waals surface area contributed by atoms with Gasteiger partial charge in [-0.2, -0.15) is 0 Å². The van der Waals surface area contributed by atoms with E-state index in [1.807, 2.05) is 67.6 Å². The third-order valence-electron chi connectivity index (χ3n) is 4.82. The number of amides is 1. The van der Waals surface area contributed by atoms with Gasteiger partial charge < -0.3 is 10.3 Å². The van der Waals surface area contributed by atoms with Crippen LogP contribution in [-0.2, 0) is 4.79 Å². The summed E-state index contributed by atoms with van der Waals surface area (Å²) >= 11 is 3.71. The average Bonchev–Trinajstić information content (AvgIpc) is 3.24. The maximum absolute atomic E-state index is 12.9. The monoisotopic (exact) mass is 539 g/mol. The summed E-state index contributed by atoms with van der Waals surface area (Å²) in [7, 11) is 0. The summed E-state index contributed by atoms with van der Waals surface area (Å²) < 4.78 is 1.13. The second-order valence-corrected chi connectivity index (χ2v) is 9.45. The molecule has 4 nitrogen and oxygen atoms in total. The number of nitrogens with one attached hydrogen (secondary N) is 2. The van der Waals surface area contributed by atoms with E-state index in [-0.39, 0.29) is 11.2 Å². The van der Waals surface area contributed by atoms with Crippen LogP contribution >= 0.6 is 34.4 Å². The fourth-order valence-corrected chi connectivity index (χ4v) is 4.51. The number of anilines is 1. The van der Waals surface area contributed by atoms with Crippen molar-refractivity contribution in [2.24, 2.45) is 0 Å². The fourth-order valence-electron chi connectivity index (χ4n) is 3.24. The summed E-state index contributed by atoms with van der Waals surface area (Å²) in [4.78, 5) is 21.2. The molecule has 156 valence electrons. The largest absolute Gasteiger partial charge is 0.332 e. The summed E-state index contributed by atoms with van der Waals surface area (Å²) in [5.74, 6) is -0.0207. The quantitative estimate of drug-likeness (QED) is 0.199. The van der Waals surface area contributed by atoms with Gasteiger partial charge in [0.1, 0.15) is 0 Å².